The summed E-state index contributed by atoms with van der Waals surface area (Å²) in [7, 11) is 0. The normalized spacial score (nSPS) is 11.4. The summed E-state index contributed by atoms with van der Waals surface area (Å²) in [5.41, 5.74) is 0. The fraction of sp³-hybridized carbons (Fsp3) is 0.353. The predicted octanol–water partition coefficient (Wildman–Crippen LogP) is 2.84. The van der Waals surface area contributed by atoms with E-state index in [4.69, 9.17) is 0 Å². The molecular formula is C17H24N4S. The highest BCUT2D eigenvalue weighted by Crippen LogP contribution is 2.15. The van der Waals surface area contributed by atoms with Gasteiger partial charge in [-0.05, 0) is 31.2 Å². The second kappa shape index (κ2) is 9.95. The molecule has 1 heterocycles. The van der Waals surface area contributed by atoms with Gasteiger partial charge >= 0.3 is 0 Å². The molecule has 0 bridgehead atoms. The van der Waals surface area contributed by atoms with Gasteiger partial charge in [0.1, 0.15) is 0 Å². The Morgan fingerprint density at radius 3 is 2.59 bits per heavy atom. The van der Waals surface area contributed by atoms with Crippen LogP contribution in [-0.2, 0) is 6.54 Å². The van der Waals surface area contributed by atoms with Crippen molar-refractivity contribution in [3.8, 4) is 0 Å². The van der Waals surface area contributed by atoms with Gasteiger partial charge in [-0.3, -0.25) is 4.99 Å². The summed E-state index contributed by atoms with van der Waals surface area (Å²) in [5.74, 6) is 1.91. The SMILES string of the molecule is CCNC(=NCCn1cccc1)NCCSc1ccccc1. The van der Waals surface area contributed by atoms with Gasteiger partial charge in [0, 0.05) is 42.7 Å². The minimum absolute atomic E-state index is 0.774. The van der Waals surface area contributed by atoms with Crippen molar-refractivity contribution in [1.29, 1.82) is 0 Å². The van der Waals surface area contributed by atoms with Crippen molar-refractivity contribution in [2.24, 2.45) is 4.99 Å². The number of benzene rings is 1. The molecule has 5 heteroatoms. The lowest BCUT2D eigenvalue weighted by molar-refractivity contribution is 0.705. The maximum Gasteiger partial charge on any atom is 0.191 e. The lowest BCUT2D eigenvalue weighted by atomic mass is 10.4. The first kappa shape index (κ1) is 16.5. The van der Waals surface area contributed by atoms with Crippen LogP contribution in [0.3, 0.4) is 0 Å². The molecule has 0 spiro atoms. The van der Waals surface area contributed by atoms with E-state index in [1.54, 1.807) is 0 Å². The molecule has 0 aliphatic heterocycles. The first-order valence-electron chi connectivity index (χ1n) is 7.69. The van der Waals surface area contributed by atoms with Crippen molar-refractivity contribution in [2.75, 3.05) is 25.4 Å². The van der Waals surface area contributed by atoms with Crippen molar-refractivity contribution in [2.45, 2.75) is 18.4 Å². The smallest absolute Gasteiger partial charge is 0.191 e. The third-order valence-electron chi connectivity index (χ3n) is 3.04. The topological polar surface area (TPSA) is 41.4 Å². The van der Waals surface area contributed by atoms with E-state index >= 15 is 0 Å². The highest BCUT2D eigenvalue weighted by Gasteiger charge is 1.97. The van der Waals surface area contributed by atoms with Crippen molar-refractivity contribution in [1.82, 2.24) is 15.2 Å². The fourth-order valence-electron chi connectivity index (χ4n) is 1.99. The second-order valence-electron chi connectivity index (χ2n) is 4.77. The number of nitrogens with zero attached hydrogens (tertiary/aromatic N) is 2. The predicted molar refractivity (Wildman–Crippen MR) is 95.6 cm³/mol. The van der Waals surface area contributed by atoms with Gasteiger partial charge in [0.05, 0.1) is 6.54 Å². The van der Waals surface area contributed by atoms with Crippen LogP contribution in [0.2, 0.25) is 0 Å². The highest BCUT2D eigenvalue weighted by molar-refractivity contribution is 7.99. The molecule has 2 aromatic rings. The van der Waals surface area contributed by atoms with Crippen LogP contribution in [0.1, 0.15) is 6.92 Å². The van der Waals surface area contributed by atoms with E-state index in [1.165, 1.54) is 4.90 Å². The zero-order valence-electron chi connectivity index (χ0n) is 13.0. The van der Waals surface area contributed by atoms with Crippen LogP contribution in [-0.4, -0.2) is 35.9 Å². The van der Waals surface area contributed by atoms with Gasteiger partial charge in [0.15, 0.2) is 5.96 Å². The van der Waals surface area contributed by atoms with E-state index in [1.807, 2.05) is 30.0 Å². The second-order valence-corrected chi connectivity index (χ2v) is 5.94. The summed E-state index contributed by atoms with van der Waals surface area (Å²) >= 11 is 1.85. The van der Waals surface area contributed by atoms with Crippen LogP contribution >= 0.6 is 11.8 Å². The van der Waals surface area contributed by atoms with Crippen molar-refractivity contribution < 1.29 is 0 Å². The molecule has 1 aromatic heterocycles. The Balaban J connectivity index is 1.69. The fourth-order valence-corrected chi connectivity index (χ4v) is 2.78. The Morgan fingerprint density at radius 1 is 1.09 bits per heavy atom. The van der Waals surface area contributed by atoms with Crippen molar-refractivity contribution in [3.63, 3.8) is 0 Å². The molecule has 0 radical (unpaired) electrons. The van der Waals surface area contributed by atoms with Gasteiger partial charge in [-0.1, -0.05) is 18.2 Å². The van der Waals surface area contributed by atoms with Crippen LogP contribution in [0.15, 0.2) is 64.7 Å². The van der Waals surface area contributed by atoms with E-state index in [2.05, 4.69) is 63.8 Å². The number of hydrogen-bond donors (Lipinski definition) is 2. The van der Waals surface area contributed by atoms with E-state index < -0.39 is 0 Å². The summed E-state index contributed by atoms with van der Waals surface area (Å²) < 4.78 is 2.14. The first-order chi connectivity index (χ1) is 10.9. The number of aromatic nitrogens is 1. The summed E-state index contributed by atoms with van der Waals surface area (Å²) in [6.45, 7) is 5.54. The quantitative estimate of drug-likeness (QED) is 0.340. The number of nitrogens with one attached hydrogen (secondary N) is 2. The monoisotopic (exact) mass is 316 g/mol. The number of hydrogen-bond acceptors (Lipinski definition) is 2. The molecule has 2 N–H and O–H groups in total. The first-order valence-corrected chi connectivity index (χ1v) is 8.68. The van der Waals surface area contributed by atoms with Gasteiger partial charge in [0.25, 0.3) is 0 Å². The molecule has 0 aliphatic carbocycles. The number of guanidine groups is 1. The Hall–Kier alpha value is -1.88. The molecule has 0 unspecified atom stereocenters. The molecule has 0 saturated heterocycles. The lowest BCUT2D eigenvalue weighted by Gasteiger charge is -2.11. The van der Waals surface area contributed by atoms with Crippen LogP contribution in [0.25, 0.3) is 0 Å². The van der Waals surface area contributed by atoms with Gasteiger partial charge < -0.3 is 15.2 Å². The zero-order chi connectivity index (χ0) is 15.5. The van der Waals surface area contributed by atoms with Crippen molar-refractivity contribution in [3.05, 3.63) is 54.9 Å². The largest absolute Gasteiger partial charge is 0.357 e. The molecule has 0 aliphatic rings. The molecular weight excluding hydrogens is 292 g/mol. The van der Waals surface area contributed by atoms with E-state index in [-0.39, 0.29) is 0 Å². The Bertz CT molecular complexity index is 537. The highest BCUT2D eigenvalue weighted by atomic mass is 32.2. The van der Waals surface area contributed by atoms with E-state index in [0.29, 0.717) is 0 Å². The summed E-state index contributed by atoms with van der Waals surface area (Å²) in [6, 6.07) is 14.5. The molecule has 0 atom stereocenters. The van der Waals surface area contributed by atoms with Gasteiger partial charge in [-0.25, -0.2) is 0 Å². The average molecular weight is 316 g/mol. The molecule has 4 nitrogen and oxygen atoms in total. The van der Waals surface area contributed by atoms with Crippen molar-refractivity contribution >= 4 is 17.7 Å². The Morgan fingerprint density at radius 2 is 1.86 bits per heavy atom. The van der Waals surface area contributed by atoms with Gasteiger partial charge in [0.2, 0.25) is 0 Å². The van der Waals surface area contributed by atoms with Crippen LogP contribution < -0.4 is 10.6 Å². The standard InChI is InChI=1S/C17H24N4S/c1-2-18-17(19-10-14-21-12-6-7-13-21)20-11-15-22-16-8-4-3-5-9-16/h3-9,12-13H,2,10-11,14-15H2,1H3,(H2,18,19,20). The molecule has 22 heavy (non-hydrogen) atoms. The lowest BCUT2D eigenvalue weighted by Crippen LogP contribution is -2.38. The summed E-state index contributed by atoms with van der Waals surface area (Å²) in [4.78, 5) is 5.90. The maximum absolute atomic E-state index is 4.60. The van der Waals surface area contributed by atoms with Crippen LogP contribution in [0.4, 0.5) is 0 Å². The van der Waals surface area contributed by atoms with Gasteiger partial charge in [-0.2, -0.15) is 0 Å². The van der Waals surface area contributed by atoms with E-state index in [9.17, 15) is 0 Å². The molecule has 118 valence electrons. The summed E-state index contributed by atoms with van der Waals surface area (Å²) in [6.07, 6.45) is 4.12. The minimum Gasteiger partial charge on any atom is -0.357 e. The molecule has 0 fully saturated rings. The van der Waals surface area contributed by atoms with Crippen LogP contribution in [0, 0.1) is 0 Å². The van der Waals surface area contributed by atoms with E-state index in [0.717, 1.165) is 37.9 Å². The zero-order valence-corrected chi connectivity index (χ0v) is 13.9. The molecule has 1 aromatic carbocycles. The average Bonchev–Trinajstić information content (AvgIpc) is 3.06. The number of aliphatic imine (C=N–C) groups is 1. The summed E-state index contributed by atoms with van der Waals surface area (Å²) in [5, 5.41) is 6.66. The maximum atomic E-state index is 4.60. The third-order valence-corrected chi connectivity index (χ3v) is 4.06. The molecule has 0 amide bonds. The Kier molecular flexibility index (Phi) is 7.46. The number of thioether (sulfide) groups is 1. The Labute approximate surface area is 137 Å². The molecule has 2 rings (SSSR count). The molecule has 0 saturated carbocycles. The minimum atomic E-state index is 0.774. The number of rotatable bonds is 8. The third kappa shape index (κ3) is 6.26. The van der Waals surface area contributed by atoms with Crippen LogP contribution in [0.5, 0.6) is 0 Å². The van der Waals surface area contributed by atoms with Gasteiger partial charge in [-0.15, -0.1) is 11.8 Å².